The quantitative estimate of drug-likeness (QED) is 0.692. The molecule has 0 saturated carbocycles. The van der Waals surface area contributed by atoms with Crippen molar-refractivity contribution in [1.29, 1.82) is 0 Å². The van der Waals surface area contributed by atoms with Crippen molar-refractivity contribution < 1.29 is 14.9 Å². The van der Waals surface area contributed by atoms with Crippen LogP contribution >= 0.6 is 21.6 Å². The second-order valence-corrected chi connectivity index (χ2v) is 5.04. The normalized spacial score (nSPS) is 27.7. The Morgan fingerprint density at radius 2 is 1.46 bits per heavy atom. The molecule has 13 heavy (non-hydrogen) atoms. The van der Waals surface area contributed by atoms with Gasteiger partial charge in [0.1, 0.15) is 0 Å². The van der Waals surface area contributed by atoms with Crippen LogP contribution in [0, 0.1) is 0 Å². The SMILES string of the molecule is CCOCC.OC1CSSCC1O. The van der Waals surface area contributed by atoms with Crippen LogP contribution in [0.5, 0.6) is 0 Å². The number of aliphatic hydroxyl groups is 2. The van der Waals surface area contributed by atoms with Crippen LogP contribution in [0.15, 0.2) is 0 Å². The third kappa shape index (κ3) is 7.64. The summed E-state index contributed by atoms with van der Waals surface area (Å²) in [6.07, 6.45) is -0.998. The largest absolute Gasteiger partial charge is 0.390 e. The van der Waals surface area contributed by atoms with Gasteiger partial charge in [-0.05, 0) is 13.8 Å². The van der Waals surface area contributed by atoms with Crippen molar-refractivity contribution in [1.82, 2.24) is 0 Å². The summed E-state index contributed by atoms with van der Waals surface area (Å²) in [4.78, 5) is 0. The number of rotatable bonds is 2. The summed E-state index contributed by atoms with van der Waals surface area (Å²) < 4.78 is 4.83. The fourth-order valence-electron chi connectivity index (χ4n) is 0.662. The number of hydrogen-bond acceptors (Lipinski definition) is 5. The van der Waals surface area contributed by atoms with Crippen molar-refractivity contribution in [2.75, 3.05) is 24.7 Å². The molecule has 1 aliphatic rings. The monoisotopic (exact) mass is 226 g/mol. The lowest BCUT2D eigenvalue weighted by Crippen LogP contribution is -2.32. The van der Waals surface area contributed by atoms with Gasteiger partial charge in [0.25, 0.3) is 0 Å². The van der Waals surface area contributed by atoms with Gasteiger partial charge >= 0.3 is 0 Å². The van der Waals surface area contributed by atoms with Gasteiger partial charge in [-0.15, -0.1) is 0 Å². The molecule has 0 bridgehead atoms. The van der Waals surface area contributed by atoms with Crippen molar-refractivity contribution in [3.8, 4) is 0 Å². The smallest absolute Gasteiger partial charge is 0.0906 e. The summed E-state index contributed by atoms with van der Waals surface area (Å²) >= 11 is 0. The predicted molar refractivity (Wildman–Crippen MR) is 59.1 cm³/mol. The molecule has 1 fully saturated rings. The number of aliphatic hydroxyl groups excluding tert-OH is 2. The van der Waals surface area contributed by atoms with Crippen LogP contribution in [0.25, 0.3) is 0 Å². The summed E-state index contributed by atoms with van der Waals surface area (Å²) in [5.41, 5.74) is 0. The Bertz CT molecular complexity index is 102. The zero-order valence-electron chi connectivity index (χ0n) is 8.10. The minimum Gasteiger partial charge on any atom is -0.390 e. The summed E-state index contributed by atoms with van der Waals surface area (Å²) in [6, 6.07) is 0. The topological polar surface area (TPSA) is 49.7 Å². The van der Waals surface area contributed by atoms with Crippen LogP contribution in [0.2, 0.25) is 0 Å². The Morgan fingerprint density at radius 3 is 1.62 bits per heavy atom. The minimum atomic E-state index is -0.499. The van der Waals surface area contributed by atoms with E-state index in [0.29, 0.717) is 11.5 Å². The van der Waals surface area contributed by atoms with E-state index in [-0.39, 0.29) is 0 Å². The van der Waals surface area contributed by atoms with E-state index in [4.69, 9.17) is 14.9 Å². The van der Waals surface area contributed by atoms with Gasteiger partial charge in [-0.3, -0.25) is 0 Å². The molecular formula is C8H18O3S2. The van der Waals surface area contributed by atoms with E-state index in [1.807, 2.05) is 13.8 Å². The van der Waals surface area contributed by atoms with Gasteiger partial charge in [0.05, 0.1) is 12.2 Å². The highest BCUT2D eigenvalue weighted by Gasteiger charge is 2.20. The van der Waals surface area contributed by atoms with Crippen LogP contribution in [0.3, 0.4) is 0 Å². The zero-order valence-corrected chi connectivity index (χ0v) is 9.74. The van der Waals surface area contributed by atoms with Crippen molar-refractivity contribution >= 4 is 21.6 Å². The molecule has 5 heteroatoms. The highest BCUT2D eigenvalue weighted by Crippen LogP contribution is 2.29. The average Bonchev–Trinajstić information content (AvgIpc) is 2.13. The van der Waals surface area contributed by atoms with Gasteiger partial charge in [0, 0.05) is 24.7 Å². The van der Waals surface area contributed by atoms with E-state index in [2.05, 4.69) is 0 Å². The van der Waals surface area contributed by atoms with E-state index in [0.717, 1.165) is 13.2 Å². The molecule has 0 spiro atoms. The van der Waals surface area contributed by atoms with Crippen LogP contribution in [-0.4, -0.2) is 47.1 Å². The maximum Gasteiger partial charge on any atom is 0.0906 e. The summed E-state index contributed by atoms with van der Waals surface area (Å²) in [5, 5.41) is 17.8. The Labute approximate surface area is 87.6 Å². The number of hydrogen-bond donors (Lipinski definition) is 2. The zero-order chi connectivity index (χ0) is 10.1. The summed E-state index contributed by atoms with van der Waals surface area (Å²) in [7, 11) is 3.23. The molecule has 0 radical (unpaired) electrons. The maximum atomic E-state index is 8.89. The predicted octanol–water partition coefficient (Wildman–Crippen LogP) is 1.15. The molecule has 0 amide bonds. The number of ether oxygens (including phenoxy) is 1. The minimum absolute atomic E-state index is 0.499. The lowest BCUT2D eigenvalue weighted by atomic mass is 10.3. The van der Waals surface area contributed by atoms with Crippen LogP contribution in [-0.2, 0) is 4.74 Å². The Morgan fingerprint density at radius 1 is 1.08 bits per heavy atom. The second kappa shape index (κ2) is 9.15. The lowest BCUT2D eigenvalue weighted by molar-refractivity contribution is 0.0493. The molecule has 1 saturated heterocycles. The summed E-state index contributed by atoms with van der Waals surface area (Å²) in [5.74, 6) is 1.32. The molecule has 2 atom stereocenters. The summed E-state index contributed by atoms with van der Waals surface area (Å²) in [6.45, 7) is 5.67. The average molecular weight is 226 g/mol. The van der Waals surface area contributed by atoms with Crippen molar-refractivity contribution in [3.63, 3.8) is 0 Å². The first-order chi connectivity index (χ1) is 6.22. The lowest BCUT2D eigenvalue weighted by Gasteiger charge is -2.20. The van der Waals surface area contributed by atoms with Crippen molar-refractivity contribution in [2.45, 2.75) is 26.1 Å². The molecule has 0 aromatic rings. The van der Waals surface area contributed by atoms with Gasteiger partial charge in [-0.1, -0.05) is 21.6 Å². The Hall–Kier alpha value is 0.580. The Balaban J connectivity index is 0.000000252. The molecule has 0 aromatic heterocycles. The molecule has 0 aromatic carbocycles. The van der Waals surface area contributed by atoms with Gasteiger partial charge in [-0.2, -0.15) is 0 Å². The standard InChI is InChI=1S/C4H8O2S2.C4H10O/c5-3-1-7-8-2-4(3)6;1-3-5-4-2/h3-6H,1-2H2;3-4H2,1-2H3. The first kappa shape index (κ1) is 13.6. The van der Waals surface area contributed by atoms with Gasteiger partial charge in [0.15, 0.2) is 0 Å². The molecular weight excluding hydrogens is 208 g/mol. The molecule has 1 heterocycles. The van der Waals surface area contributed by atoms with E-state index in [9.17, 15) is 0 Å². The maximum absolute atomic E-state index is 8.89. The van der Waals surface area contributed by atoms with Gasteiger partial charge in [0.2, 0.25) is 0 Å². The van der Waals surface area contributed by atoms with E-state index in [1.54, 1.807) is 21.6 Å². The van der Waals surface area contributed by atoms with E-state index >= 15 is 0 Å². The first-order valence-corrected chi connectivity index (χ1v) is 6.89. The highest BCUT2D eigenvalue weighted by molar-refractivity contribution is 8.76. The van der Waals surface area contributed by atoms with Crippen LogP contribution in [0.4, 0.5) is 0 Å². The third-order valence-electron chi connectivity index (χ3n) is 1.41. The molecule has 1 rings (SSSR count). The second-order valence-electron chi connectivity index (χ2n) is 2.49. The molecule has 0 aliphatic carbocycles. The molecule has 80 valence electrons. The van der Waals surface area contributed by atoms with Gasteiger partial charge < -0.3 is 14.9 Å². The van der Waals surface area contributed by atoms with Gasteiger partial charge in [-0.25, -0.2) is 0 Å². The fourth-order valence-corrected chi connectivity index (χ4v) is 2.99. The third-order valence-corrected chi connectivity index (χ3v) is 3.85. The van der Waals surface area contributed by atoms with Crippen molar-refractivity contribution in [2.24, 2.45) is 0 Å². The van der Waals surface area contributed by atoms with E-state index in [1.165, 1.54) is 0 Å². The molecule has 2 unspecified atom stereocenters. The van der Waals surface area contributed by atoms with E-state index < -0.39 is 12.2 Å². The first-order valence-electron chi connectivity index (χ1n) is 4.40. The molecule has 1 aliphatic heterocycles. The Kier molecular flexibility index (Phi) is 9.56. The fraction of sp³-hybridized carbons (Fsp3) is 1.00. The van der Waals surface area contributed by atoms with Crippen LogP contribution in [0.1, 0.15) is 13.8 Å². The van der Waals surface area contributed by atoms with Crippen LogP contribution < -0.4 is 0 Å². The molecule has 2 N–H and O–H groups in total. The highest BCUT2D eigenvalue weighted by atomic mass is 33.1. The van der Waals surface area contributed by atoms with Crippen molar-refractivity contribution in [3.05, 3.63) is 0 Å². The molecule has 3 nitrogen and oxygen atoms in total.